The van der Waals surface area contributed by atoms with Crippen molar-refractivity contribution in [2.75, 3.05) is 5.32 Å². The fourth-order valence-electron chi connectivity index (χ4n) is 2.16. The summed E-state index contributed by atoms with van der Waals surface area (Å²) in [6.07, 6.45) is 0. The molecular formula is C17H16BrN5OS. The molecule has 1 atom stereocenters. The average molecular weight is 418 g/mol. The largest absolute Gasteiger partial charge is 0.325 e. The minimum atomic E-state index is -0.347. The lowest BCUT2D eigenvalue weighted by molar-refractivity contribution is -0.115. The van der Waals surface area contributed by atoms with Crippen molar-refractivity contribution < 1.29 is 4.79 Å². The van der Waals surface area contributed by atoms with E-state index in [1.54, 1.807) is 4.68 Å². The fourth-order valence-corrected chi connectivity index (χ4v) is 3.23. The molecule has 1 N–H and O–H groups in total. The van der Waals surface area contributed by atoms with Crippen LogP contribution in [0.15, 0.2) is 58.2 Å². The summed E-state index contributed by atoms with van der Waals surface area (Å²) in [5, 5.41) is 14.9. The van der Waals surface area contributed by atoms with Crippen molar-refractivity contribution in [1.82, 2.24) is 20.2 Å². The number of carbonyl (C=O) groups excluding carboxylic acids is 1. The molecule has 128 valence electrons. The van der Waals surface area contributed by atoms with Gasteiger partial charge in [0.05, 0.1) is 10.9 Å². The lowest BCUT2D eigenvalue weighted by Gasteiger charge is -2.13. The van der Waals surface area contributed by atoms with E-state index in [1.807, 2.05) is 62.4 Å². The van der Waals surface area contributed by atoms with E-state index in [9.17, 15) is 4.79 Å². The van der Waals surface area contributed by atoms with Gasteiger partial charge < -0.3 is 5.32 Å². The highest BCUT2D eigenvalue weighted by Crippen LogP contribution is 2.25. The summed E-state index contributed by atoms with van der Waals surface area (Å²) in [6, 6.07) is 15.3. The summed E-state index contributed by atoms with van der Waals surface area (Å²) in [5.74, 6) is -0.0929. The number of aromatic nitrogens is 4. The highest BCUT2D eigenvalue weighted by Gasteiger charge is 2.19. The van der Waals surface area contributed by atoms with Crippen LogP contribution < -0.4 is 5.32 Å². The van der Waals surface area contributed by atoms with Gasteiger partial charge in [0, 0.05) is 10.2 Å². The van der Waals surface area contributed by atoms with Crippen molar-refractivity contribution in [3.05, 3.63) is 58.6 Å². The molecule has 0 aliphatic heterocycles. The Morgan fingerprint density at radius 1 is 1.20 bits per heavy atom. The number of rotatable bonds is 5. The third-order valence-corrected chi connectivity index (χ3v) is 5.13. The second kappa shape index (κ2) is 7.79. The van der Waals surface area contributed by atoms with Crippen molar-refractivity contribution >= 4 is 39.3 Å². The van der Waals surface area contributed by atoms with Gasteiger partial charge in [-0.1, -0.05) is 45.9 Å². The highest BCUT2D eigenvalue weighted by molar-refractivity contribution is 9.10. The van der Waals surface area contributed by atoms with Crippen molar-refractivity contribution in [3.63, 3.8) is 0 Å². The lowest BCUT2D eigenvalue weighted by Crippen LogP contribution is -2.23. The van der Waals surface area contributed by atoms with E-state index in [-0.39, 0.29) is 11.2 Å². The zero-order valence-electron chi connectivity index (χ0n) is 13.7. The normalized spacial score (nSPS) is 12.0. The molecule has 0 aliphatic rings. The number of nitrogens with zero attached hydrogens (tertiary/aromatic N) is 4. The summed E-state index contributed by atoms with van der Waals surface area (Å²) in [5.41, 5.74) is 2.67. The number of thioether (sulfide) groups is 1. The van der Waals surface area contributed by atoms with E-state index in [0.717, 1.165) is 21.4 Å². The zero-order valence-corrected chi connectivity index (χ0v) is 16.1. The number of aryl methyl sites for hydroxylation is 1. The SMILES string of the molecule is Cc1ccccc1NC(=O)C(C)Sc1nnnn1-c1ccc(Br)cc1. The van der Waals surface area contributed by atoms with Gasteiger partial charge in [0.2, 0.25) is 11.1 Å². The number of tetrazole rings is 1. The van der Waals surface area contributed by atoms with Crippen LogP contribution in [0.3, 0.4) is 0 Å². The summed E-state index contributed by atoms with van der Waals surface area (Å²) >= 11 is 4.72. The van der Waals surface area contributed by atoms with Gasteiger partial charge >= 0.3 is 0 Å². The van der Waals surface area contributed by atoms with Crippen molar-refractivity contribution in [2.24, 2.45) is 0 Å². The first-order chi connectivity index (χ1) is 12.0. The summed E-state index contributed by atoms with van der Waals surface area (Å²) < 4.78 is 2.60. The molecule has 1 unspecified atom stereocenters. The number of anilines is 1. The first-order valence-corrected chi connectivity index (χ1v) is 9.29. The van der Waals surface area contributed by atoms with Gasteiger partial charge in [-0.3, -0.25) is 4.79 Å². The Hall–Kier alpha value is -2.19. The van der Waals surface area contributed by atoms with Gasteiger partial charge in [0.25, 0.3) is 0 Å². The Morgan fingerprint density at radius 2 is 1.92 bits per heavy atom. The second-order valence-corrected chi connectivity index (χ2v) is 7.64. The Kier molecular flexibility index (Phi) is 5.50. The Labute approximate surface area is 158 Å². The maximum Gasteiger partial charge on any atom is 0.237 e. The lowest BCUT2D eigenvalue weighted by atomic mass is 10.2. The van der Waals surface area contributed by atoms with E-state index in [0.29, 0.717) is 5.16 Å². The zero-order chi connectivity index (χ0) is 17.8. The number of nitrogens with one attached hydrogen (secondary N) is 1. The minimum Gasteiger partial charge on any atom is -0.325 e. The number of carbonyl (C=O) groups is 1. The number of amides is 1. The van der Waals surface area contributed by atoms with Gasteiger partial charge in [0.1, 0.15) is 0 Å². The number of hydrogen-bond acceptors (Lipinski definition) is 5. The van der Waals surface area contributed by atoms with Crippen LogP contribution in [-0.4, -0.2) is 31.4 Å². The quantitative estimate of drug-likeness (QED) is 0.638. The molecule has 8 heteroatoms. The number of benzene rings is 2. The molecular weight excluding hydrogens is 402 g/mol. The van der Waals surface area contributed by atoms with E-state index in [1.165, 1.54) is 11.8 Å². The highest BCUT2D eigenvalue weighted by atomic mass is 79.9. The fraction of sp³-hybridized carbons (Fsp3) is 0.176. The molecule has 25 heavy (non-hydrogen) atoms. The third-order valence-electron chi connectivity index (χ3n) is 3.57. The summed E-state index contributed by atoms with van der Waals surface area (Å²) in [7, 11) is 0. The molecule has 3 aromatic rings. The molecule has 0 saturated carbocycles. The van der Waals surface area contributed by atoms with Crippen LogP contribution in [-0.2, 0) is 4.79 Å². The van der Waals surface area contributed by atoms with Crippen LogP contribution in [0.2, 0.25) is 0 Å². The van der Waals surface area contributed by atoms with Gasteiger partial charge in [-0.25, -0.2) is 0 Å². The summed E-state index contributed by atoms with van der Waals surface area (Å²) in [6.45, 7) is 3.79. The average Bonchev–Trinajstić information content (AvgIpc) is 3.05. The van der Waals surface area contributed by atoms with E-state index in [4.69, 9.17) is 0 Å². The molecule has 0 spiro atoms. The molecule has 0 saturated heterocycles. The molecule has 0 bridgehead atoms. The maximum absolute atomic E-state index is 12.5. The van der Waals surface area contributed by atoms with Crippen LogP contribution in [0.4, 0.5) is 5.69 Å². The van der Waals surface area contributed by atoms with Gasteiger partial charge in [-0.05, 0) is 60.2 Å². The topological polar surface area (TPSA) is 72.7 Å². The Bertz CT molecular complexity index is 881. The van der Waals surface area contributed by atoms with E-state index >= 15 is 0 Å². The Balaban J connectivity index is 1.72. The van der Waals surface area contributed by atoms with Crippen molar-refractivity contribution in [2.45, 2.75) is 24.3 Å². The van der Waals surface area contributed by atoms with Crippen LogP contribution in [0.1, 0.15) is 12.5 Å². The number of para-hydroxylation sites is 1. The molecule has 1 amide bonds. The predicted molar refractivity (Wildman–Crippen MR) is 102 cm³/mol. The second-order valence-electron chi connectivity index (χ2n) is 5.41. The molecule has 0 radical (unpaired) electrons. The van der Waals surface area contributed by atoms with E-state index < -0.39 is 0 Å². The van der Waals surface area contributed by atoms with Crippen molar-refractivity contribution in [3.8, 4) is 5.69 Å². The predicted octanol–water partition coefficient (Wildman–Crippen LogP) is 3.85. The minimum absolute atomic E-state index is 0.0929. The van der Waals surface area contributed by atoms with Crippen molar-refractivity contribution in [1.29, 1.82) is 0 Å². The standard InChI is InChI=1S/C17H16BrN5OS/c1-11-5-3-4-6-15(11)19-16(24)12(2)25-17-20-21-22-23(17)14-9-7-13(18)8-10-14/h3-10,12H,1-2H3,(H,19,24). The van der Waals surface area contributed by atoms with E-state index in [2.05, 4.69) is 36.8 Å². The van der Waals surface area contributed by atoms with Crippen LogP contribution in [0.25, 0.3) is 5.69 Å². The van der Waals surface area contributed by atoms with Gasteiger partial charge in [-0.15, -0.1) is 5.10 Å². The molecule has 0 fully saturated rings. The smallest absolute Gasteiger partial charge is 0.237 e. The molecule has 0 aliphatic carbocycles. The van der Waals surface area contributed by atoms with Crippen LogP contribution >= 0.6 is 27.7 Å². The third kappa shape index (κ3) is 4.26. The first-order valence-electron chi connectivity index (χ1n) is 7.62. The first kappa shape index (κ1) is 17.6. The molecule has 6 nitrogen and oxygen atoms in total. The molecule has 2 aromatic carbocycles. The number of hydrogen-bond donors (Lipinski definition) is 1. The van der Waals surface area contributed by atoms with Crippen LogP contribution in [0.5, 0.6) is 0 Å². The monoisotopic (exact) mass is 417 g/mol. The molecule has 1 heterocycles. The van der Waals surface area contributed by atoms with Gasteiger partial charge in [-0.2, -0.15) is 4.68 Å². The Morgan fingerprint density at radius 3 is 2.64 bits per heavy atom. The number of halogens is 1. The maximum atomic E-state index is 12.5. The van der Waals surface area contributed by atoms with Crippen LogP contribution in [0, 0.1) is 6.92 Å². The molecule has 3 rings (SSSR count). The summed E-state index contributed by atoms with van der Waals surface area (Å²) in [4.78, 5) is 12.5. The molecule has 1 aromatic heterocycles. The van der Waals surface area contributed by atoms with Gasteiger partial charge in [0.15, 0.2) is 0 Å².